The smallest absolute Gasteiger partial charge is 0.0674 e. The van der Waals surface area contributed by atoms with Crippen molar-refractivity contribution in [2.24, 2.45) is 0 Å². The van der Waals surface area contributed by atoms with Crippen molar-refractivity contribution in [2.45, 2.75) is 45.5 Å². The number of nitrogens with one attached hydrogen (secondary N) is 1. The summed E-state index contributed by atoms with van der Waals surface area (Å²) in [7, 11) is 0. The number of aromatic nitrogens is 2. The van der Waals surface area contributed by atoms with Gasteiger partial charge >= 0.3 is 0 Å². The Morgan fingerprint density at radius 3 is 3.17 bits per heavy atom. The number of hydrogen-bond acceptors (Lipinski definition) is 5. The van der Waals surface area contributed by atoms with Crippen LogP contribution in [0.2, 0.25) is 0 Å². The average molecular weight is 349 g/mol. The topological polar surface area (TPSA) is 42.3 Å². The van der Waals surface area contributed by atoms with Gasteiger partial charge < -0.3 is 10.1 Å². The largest absolute Gasteiger partial charge is 0.376 e. The van der Waals surface area contributed by atoms with Gasteiger partial charge in [0.2, 0.25) is 0 Å². The molecule has 2 atom stereocenters. The maximum atomic E-state index is 5.71. The molecule has 1 aliphatic heterocycles. The fourth-order valence-corrected chi connectivity index (χ4v) is 4.08. The van der Waals surface area contributed by atoms with Gasteiger partial charge in [0.1, 0.15) is 0 Å². The van der Waals surface area contributed by atoms with E-state index in [1.54, 1.807) is 0 Å². The van der Waals surface area contributed by atoms with Gasteiger partial charge in [-0.2, -0.15) is 5.10 Å². The van der Waals surface area contributed by atoms with E-state index in [0.717, 1.165) is 45.8 Å². The van der Waals surface area contributed by atoms with Crippen molar-refractivity contribution in [1.29, 1.82) is 0 Å². The number of ether oxygens (including phenoxy) is 1. The highest BCUT2D eigenvalue weighted by atomic mass is 32.1. The predicted molar refractivity (Wildman–Crippen MR) is 98.3 cm³/mol. The summed E-state index contributed by atoms with van der Waals surface area (Å²) in [6.07, 6.45) is 5.55. The summed E-state index contributed by atoms with van der Waals surface area (Å²) in [4.78, 5) is 3.98. The molecule has 0 aliphatic carbocycles. The molecule has 3 rings (SSSR count). The lowest BCUT2D eigenvalue weighted by atomic mass is 10.1. The van der Waals surface area contributed by atoms with Crippen molar-refractivity contribution < 1.29 is 4.74 Å². The van der Waals surface area contributed by atoms with E-state index in [4.69, 9.17) is 4.74 Å². The van der Waals surface area contributed by atoms with E-state index in [1.165, 1.54) is 10.4 Å². The van der Waals surface area contributed by atoms with Crippen LogP contribution in [-0.2, 0) is 17.8 Å². The Balaban J connectivity index is 1.57. The number of morpholine rings is 1. The van der Waals surface area contributed by atoms with Gasteiger partial charge in [0.05, 0.1) is 24.9 Å². The molecule has 0 amide bonds. The second kappa shape index (κ2) is 8.76. The van der Waals surface area contributed by atoms with Crippen LogP contribution in [0.5, 0.6) is 0 Å². The molecule has 1 N–H and O–H groups in total. The summed E-state index contributed by atoms with van der Waals surface area (Å²) in [6, 6.07) is 4.81. The van der Waals surface area contributed by atoms with E-state index in [0.29, 0.717) is 12.1 Å². The lowest BCUT2D eigenvalue weighted by molar-refractivity contribution is -0.0339. The highest BCUT2D eigenvalue weighted by molar-refractivity contribution is 7.10. The van der Waals surface area contributed by atoms with Crippen molar-refractivity contribution in [3.63, 3.8) is 0 Å². The summed E-state index contributed by atoms with van der Waals surface area (Å²) in [5, 5.41) is 10.2. The van der Waals surface area contributed by atoms with Crippen LogP contribution in [0, 0.1) is 0 Å². The third-order valence-electron chi connectivity index (χ3n) is 4.39. The molecule has 6 heteroatoms. The van der Waals surface area contributed by atoms with Crippen molar-refractivity contribution >= 4 is 11.3 Å². The molecule has 0 spiro atoms. The zero-order chi connectivity index (χ0) is 16.8. The monoisotopic (exact) mass is 348 g/mol. The molecule has 24 heavy (non-hydrogen) atoms. The number of rotatable bonds is 8. The van der Waals surface area contributed by atoms with Gasteiger partial charge in [0.15, 0.2) is 0 Å². The maximum absolute atomic E-state index is 5.71. The van der Waals surface area contributed by atoms with Crippen LogP contribution in [0.3, 0.4) is 0 Å². The molecule has 1 fully saturated rings. The molecule has 0 bridgehead atoms. The fraction of sp³-hybridized carbons (Fsp3) is 0.611. The van der Waals surface area contributed by atoms with Crippen LogP contribution >= 0.6 is 11.3 Å². The minimum Gasteiger partial charge on any atom is -0.376 e. The lowest BCUT2D eigenvalue weighted by Crippen LogP contribution is -2.45. The van der Waals surface area contributed by atoms with Crippen LogP contribution < -0.4 is 5.32 Å². The molecule has 3 heterocycles. The Morgan fingerprint density at radius 2 is 2.42 bits per heavy atom. The molecule has 5 nitrogen and oxygen atoms in total. The zero-order valence-corrected chi connectivity index (χ0v) is 15.5. The summed E-state index contributed by atoms with van der Waals surface area (Å²) in [5.41, 5.74) is 1.25. The summed E-state index contributed by atoms with van der Waals surface area (Å²) in [5.74, 6) is 0. The standard InChI is InChI=1S/C18H28N4OS/c1-3-6-22-14-16(11-20-22)10-19-12-17(18-5-4-9-24-18)21-7-8-23-15(2)13-21/h4-5,9,11,14-15,17,19H,3,6-8,10,12-13H2,1-2H3/t15-,17+/m0/s1. The molecule has 0 aromatic carbocycles. The van der Waals surface area contributed by atoms with Crippen LogP contribution in [0.15, 0.2) is 29.9 Å². The van der Waals surface area contributed by atoms with Gasteiger partial charge in [-0.1, -0.05) is 13.0 Å². The predicted octanol–water partition coefficient (Wildman–Crippen LogP) is 2.91. The van der Waals surface area contributed by atoms with Crippen molar-refractivity contribution in [3.8, 4) is 0 Å². The van der Waals surface area contributed by atoms with Crippen molar-refractivity contribution in [1.82, 2.24) is 20.0 Å². The molecular formula is C18H28N4OS. The van der Waals surface area contributed by atoms with Gasteiger partial charge in [-0.25, -0.2) is 0 Å². The van der Waals surface area contributed by atoms with E-state index < -0.39 is 0 Å². The van der Waals surface area contributed by atoms with Gasteiger partial charge in [-0.15, -0.1) is 11.3 Å². The molecule has 1 saturated heterocycles. The molecule has 0 radical (unpaired) electrons. The van der Waals surface area contributed by atoms with Gasteiger partial charge in [-0.05, 0) is 24.8 Å². The first-order chi connectivity index (χ1) is 11.8. The second-order valence-electron chi connectivity index (χ2n) is 6.45. The third-order valence-corrected chi connectivity index (χ3v) is 5.36. The SMILES string of the molecule is CCCn1cc(CNC[C@H](c2cccs2)N2CCO[C@@H](C)C2)cn1. The molecule has 2 aromatic heterocycles. The Kier molecular flexibility index (Phi) is 6.43. The molecule has 1 aliphatic rings. The van der Waals surface area contributed by atoms with E-state index in [1.807, 2.05) is 22.2 Å². The molecule has 0 unspecified atom stereocenters. The first-order valence-corrected chi connectivity index (χ1v) is 9.75. The van der Waals surface area contributed by atoms with E-state index in [-0.39, 0.29) is 0 Å². The number of thiophene rings is 1. The molecule has 0 saturated carbocycles. The Morgan fingerprint density at radius 1 is 1.50 bits per heavy atom. The van der Waals surface area contributed by atoms with Crippen molar-refractivity contribution in [2.75, 3.05) is 26.2 Å². The lowest BCUT2D eigenvalue weighted by Gasteiger charge is -2.37. The molecule has 2 aromatic rings. The second-order valence-corrected chi connectivity index (χ2v) is 7.43. The first-order valence-electron chi connectivity index (χ1n) is 8.87. The Bertz CT molecular complexity index is 598. The summed E-state index contributed by atoms with van der Waals surface area (Å²) >= 11 is 1.84. The number of aryl methyl sites for hydroxylation is 1. The van der Waals surface area contributed by atoms with Crippen molar-refractivity contribution in [3.05, 3.63) is 40.3 Å². The number of nitrogens with zero attached hydrogens (tertiary/aromatic N) is 3. The summed E-state index contributed by atoms with van der Waals surface area (Å²) in [6.45, 7) is 9.97. The fourth-order valence-electron chi connectivity index (χ4n) is 3.22. The summed E-state index contributed by atoms with van der Waals surface area (Å²) < 4.78 is 7.73. The Hall–Kier alpha value is -1.21. The first kappa shape index (κ1) is 17.6. The average Bonchev–Trinajstić information content (AvgIpc) is 3.24. The number of hydrogen-bond donors (Lipinski definition) is 1. The minimum atomic E-state index is 0.313. The van der Waals surface area contributed by atoms with Gasteiger partial charge in [0, 0.05) is 49.4 Å². The Labute approximate surface area is 148 Å². The molecule has 132 valence electrons. The van der Waals surface area contributed by atoms with Crippen LogP contribution in [0.25, 0.3) is 0 Å². The highest BCUT2D eigenvalue weighted by Crippen LogP contribution is 2.26. The normalized spacial score (nSPS) is 20.3. The molecular weight excluding hydrogens is 320 g/mol. The maximum Gasteiger partial charge on any atom is 0.0674 e. The van der Waals surface area contributed by atoms with Gasteiger partial charge in [0.25, 0.3) is 0 Å². The highest BCUT2D eigenvalue weighted by Gasteiger charge is 2.25. The van der Waals surface area contributed by atoms with E-state index in [2.05, 4.69) is 52.9 Å². The van der Waals surface area contributed by atoms with Crippen LogP contribution in [0.4, 0.5) is 0 Å². The minimum absolute atomic E-state index is 0.313. The van der Waals surface area contributed by atoms with E-state index in [9.17, 15) is 0 Å². The third kappa shape index (κ3) is 4.66. The van der Waals surface area contributed by atoms with Crippen LogP contribution in [0.1, 0.15) is 36.8 Å². The van der Waals surface area contributed by atoms with Gasteiger partial charge in [-0.3, -0.25) is 9.58 Å². The zero-order valence-electron chi connectivity index (χ0n) is 14.6. The van der Waals surface area contributed by atoms with E-state index >= 15 is 0 Å². The quantitative estimate of drug-likeness (QED) is 0.796. The van der Waals surface area contributed by atoms with Crippen LogP contribution in [-0.4, -0.2) is 47.0 Å².